The van der Waals surface area contributed by atoms with E-state index in [9.17, 15) is 4.79 Å². The molecule has 0 bridgehead atoms. The molecule has 2 aromatic rings. The number of hydrogen-bond acceptors (Lipinski definition) is 4. The highest BCUT2D eigenvalue weighted by Gasteiger charge is 2.16. The van der Waals surface area contributed by atoms with Gasteiger partial charge in [0.2, 0.25) is 0 Å². The van der Waals surface area contributed by atoms with Crippen LogP contribution in [0.2, 0.25) is 0 Å². The van der Waals surface area contributed by atoms with Gasteiger partial charge in [0.05, 0.1) is 11.6 Å². The molecule has 0 aliphatic carbocycles. The van der Waals surface area contributed by atoms with Crippen molar-refractivity contribution in [3.8, 4) is 0 Å². The molecule has 5 nitrogen and oxygen atoms in total. The van der Waals surface area contributed by atoms with Crippen LogP contribution in [-0.2, 0) is 7.05 Å². The first-order chi connectivity index (χ1) is 8.99. The fourth-order valence-electron chi connectivity index (χ4n) is 1.72. The number of aromatic nitrogens is 3. The van der Waals surface area contributed by atoms with Crippen LogP contribution in [0.3, 0.4) is 0 Å². The number of rotatable bonds is 3. The zero-order valence-corrected chi connectivity index (χ0v) is 12.9. The van der Waals surface area contributed by atoms with Crippen molar-refractivity contribution in [1.29, 1.82) is 0 Å². The minimum Gasteiger partial charge on any atom is -0.342 e. The molecule has 0 saturated carbocycles. The molecular weight excluding hydrogens is 328 g/mol. The number of aryl methyl sites for hydroxylation is 1. The third-order valence-corrected chi connectivity index (χ3v) is 3.55. The van der Waals surface area contributed by atoms with Crippen LogP contribution < -0.4 is 5.32 Å². The first-order valence-corrected chi connectivity index (χ1v) is 6.86. The molecule has 1 amide bonds. The number of nitrogens with one attached hydrogen (secondary N) is 1. The third-order valence-electron chi connectivity index (χ3n) is 2.69. The molecule has 1 heterocycles. The molecule has 2 rings (SSSR count). The highest BCUT2D eigenvalue weighted by Crippen LogP contribution is 2.20. The van der Waals surface area contributed by atoms with Gasteiger partial charge in [-0.25, -0.2) is 0 Å². The Morgan fingerprint density at radius 2 is 2.26 bits per heavy atom. The SMILES string of the molecule is CC(NC(=O)c1ccc(Br)cc1S)c1nncn1C. The van der Waals surface area contributed by atoms with Gasteiger partial charge in [0.1, 0.15) is 6.33 Å². The number of amides is 1. The van der Waals surface area contributed by atoms with Crippen molar-refractivity contribution in [3.63, 3.8) is 0 Å². The van der Waals surface area contributed by atoms with Gasteiger partial charge in [-0.1, -0.05) is 15.9 Å². The van der Waals surface area contributed by atoms with E-state index in [1.54, 1.807) is 23.0 Å². The Bertz CT molecular complexity index is 614. The van der Waals surface area contributed by atoms with Crippen molar-refractivity contribution in [1.82, 2.24) is 20.1 Å². The second-order valence-electron chi connectivity index (χ2n) is 4.16. The van der Waals surface area contributed by atoms with Crippen molar-refractivity contribution >= 4 is 34.5 Å². The summed E-state index contributed by atoms with van der Waals surface area (Å²) in [4.78, 5) is 12.8. The summed E-state index contributed by atoms with van der Waals surface area (Å²) in [5.74, 6) is 0.513. The van der Waals surface area contributed by atoms with Crippen molar-refractivity contribution < 1.29 is 4.79 Å². The second-order valence-corrected chi connectivity index (χ2v) is 5.55. The largest absolute Gasteiger partial charge is 0.342 e. The van der Waals surface area contributed by atoms with Crippen molar-refractivity contribution in [3.05, 3.63) is 40.4 Å². The van der Waals surface area contributed by atoms with Gasteiger partial charge in [-0.05, 0) is 25.1 Å². The number of thiol groups is 1. The number of carbonyl (C=O) groups is 1. The van der Waals surface area contributed by atoms with Gasteiger partial charge < -0.3 is 9.88 Å². The summed E-state index contributed by atoms with van der Waals surface area (Å²) < 4.78 is 2.66. The van der Waals surface area contributed by atoms with Gasteiger partial charge in [-0.15, -0.1) is 22.8 Å². The van der Waals surface area contributed by atoms with E-state index in [-0.39, 0.29) is 11.9 Å². The van der Waals surface area contributed by atoms with Crippen molar-refractivity contribution in [2.75, 3.05) is 0 Å². The molecule has 0 fully saturated rings. The van der Waals surface area contributed by atoms with Gasteiger partial charge in [-0.3, -0.25) is 4.79 Å². The first kappa shape index (κ1) is 14.1. The Morgan fingerprint density at radius 1 is 1.53 bits per heavy atom. The van der Waals surface area contributed by atoms with Crippen molar-refractivity contribution in [2.24, 2.45) is 7.05 Å². The number of carbonyl (C=O) groups excluding carboxylic acids is 1. The predicted molar refractivity (Wildman–Crippen MR) is 78.3 cm³/mol. The summed E-state index contributed by atoms with van der Waals surface area (Å²) in [6.45, 7) is 1.86. The molecule has 1 aromatic carbocycles. The van der Waals surface area contributed by atoms with E-state index in [4.69, 9.17) is 0 Å². The first-order valence-electron chi connectivity index (χ1n) is 5.62. The average Bonchev–Trinajstić information content (AvgIpc) is 2.75. The maximum absolute atomic E-state index is 12.2. The Hall–Kier alpha value is -1.34. The van der Waals surface area contributed by atoms with E-state index in [0.29, 0.717) is 16.3 Å². The Morgan fingerprint density at radius 3 is 2.84 bits per heavy atom. The monoisotopic (exact) mass is 340 g/mol. The van der Waals surface area contributed by atoms with E-state index in [0.717, 1.165) is 4.47 Å². The molecule has 1 unspecified atom stereocenters. The van der Waals surface area contributed by atoms with Crippen molar-refractivity contribution in [2.45, 2.75) is 17.9 Å². The second kappa shape index (κ2) is 5.75. The lowest BCUT2D eigenvalue weighted by molar-refractivity contribution is 0.0935. The molecule has 0 radical (unpaired) electrons. The van der Waals surface area contributed by atoms with Crippen LogP contribution in [-0.4, -0.2) is 20.7 Å². The van der Waals surface area contributed by atoms with E-state index in [1.807, 2.05) is 20.0 Å². The van der Waals surface area contributed by atoms with Crippen LogP contribution in [0.15, 0.2) is 33.9 Å². The number of halogens is 1. The van der Waals surface area contributed by atoms with Crippen LogP contribution in [0.4, 0.5) is 0 Å². The number of hydrogen-bond donors (Lipinski definition) is 2. The molecular formula is C12H13BrN4OS. The van der Waals surface area contributed by atoms with Crippen LogP contribution in [0.5, 0.6) is 0 Å². The van der Waals surface area contributed by atoms with Crippen LogP contribution in [0.1, 0.15) is 29.1 Å². The minimum absolute atomic E-state index is 0.187. The topological polar surface area (TPSA) is 59.8 Å². The van der Waals surface area contributed by atoms with Gasteiger partial charge >= 0.3 is 0 Å². The zero-order chi connectivity index (χ0) is 14.0. The fourth-order valence-corrected chi connectivity index (χ4v) is 2.57. The van der Waals surface area contributed by atoms with Crippen LogP contribution in [0, 0.1) is 0 Å². The van der Waals surface area contributed by atoms with E-state index in [2.05, 4.69) is 44.1 Å². The summed E-state index contributed by atoms with van der Waals surface area (Å²) in [5, 5.41) is 10.6. The smallest absolute Gasteiger partial charge is 0.252 e. The summed E-state index contributed by atoms with van der Waals surface area (Å²) in [5.41, 5.74) is 0.528. The zero-order valence-electron chi connectivity index (χ0n) is 10.5. The molecule has 1 N–H and O–H groups in total. The molecule has 0 aliphatic heterocycles. The highest BCUT2D eigenvalue weighted by molar-refractivity contribution is 9.10. The van der Waals surface area contributed by atoms with E-state index < -0.39 is 0 Å². The predicted octanol–water partition coefficient (Wildman–Crippen LogP) is 2.36. The van der Waals surface area contributed by atoms with Gasteiger partial charge in [0.25, 0.3) is 5.91 Å². The summed E-state index contributed by atoms with van der Waals surface area (Å²) in [6.07, 6.45) is 1.60. The molecule has 1 aromatic heterocycles. The summed E-state index contributed by atoms with van der Waals surface area (Å²) in [7, 11) is 1.83. The third kappa shape index (κ3) is 3.16. The number of benzene rings is 1. The molecule has 1 atom stereocenters. The molecule has 7 heteroatoms. The maximum atomic E-state index is 12.2. The summed E-state index contributed by atoms with van der Waals surface area (Å²) >= 11 is 7.64. The fraction of sp³-hybridized carbons (Fsp3) is 0.250. The average molecular weight is 341 g/mol. The van der Waals surface area contributed by atoms with Gasteiger partial charge in [0.15, 0.2) is 5.82 Å². The minimum atomic E-state index is -0.226. The van der Waals surface area contributed by atoms with Crippen LogP contribution >= 0.6 is 28.6 Å². The maximum Gasteiger partial charge on any atom is 0.252 e. The lowest BCUT2D eigenvalue weighted by Crippen LogP contribution is -2.28. The number of nitrogens with zero attached hydrogens (tertiary/aromatic N) is 3. The normalized spacial score (nSPS) is 12.2. The molecule has 0 spiro atoms. The molecule has 100 valence electrons. The molecule has 0 aliphatic rings. The molecule has 0 saturated heterocycles. The highest BCUT2D eigenvalue weighted by atomic mass is 79.9. The van der Waals surface area contributed by atoms with Gasteiger partial charge in [0, 0.05) is 16.4 Å². The Labute approximate surface area is 125 Å². The van der Waals surface area contributed by atoms with Crippen LogP contribution in [0.25, 0.3) is 0 Å². The standard InChI is InChI=1S/C12H13BrN4OS/c1-7(11-16-14-6-17(11)2)15-12(18)9-4-3-8(13)5-10(9)19/h3-7,19H,1-2H3,(H,15,18). The molecule has 19 heavy (non-hydrogen) atoms. The van der Waals surface area contributed by atoms with E-state index >= 15 is 0 Å². The lowest BCUT2D eigenvalue weighted by atomic mass is 10.2. The summed E-state index contributed by atoms with van der Waals surface area (Å²) in [6, 6.07) is 5.09. The van der Waals surface area contributed by atoms with E-state index in [1.165, 1.54) is 0 Å². The van der Waals surface area contributed by atoms with Gasteiger partial charge in [-0.2, -0.15) is 0 Å². The Kier molecular flexibility index (Phi) is 4.26. The lowest BCUT2D eigenvalue weighted by Gasteiger charge is -2.14. The quantitative estimate of drug-likeness (QED) is 0.843. The Balaban J connectivity index is 2.15.